The topological polar surface area (TPSA) is 81.9 Å². The third-order valence-corrected chi connectivity index (χ3v) is 11.2. The van der Waals surface area contributed by atoms with Gasteiger partial charge in [0.05, 0.1) is 17.1 Å². The number of hydrogen-bond donors (Lipinski definition) is 1. The third kappa shape index (κ3) is 4.46. The molecule has 1 N–H and O–H groups in total. The summed E-state index contributed by atoms with van der Waals surface area (Å²) >= 11 is 0. The first kappa shape index (κ1) is 26.4. The quantitative estimate of drug-likeness (QED) is 0.590. The molecule has 2 unspecified atom stereocenters. The highest BCUT2D eigenvalue weighted by Crippen LogP contribution is 2.47. The van der Waals surface area contributed by atoms with Crippen molar-refractivity contribution in [3.63, 3.8) is 0 Å². The lowest BCUT2D eigenvalue weighted by Gasteiger charge is -2.54. The second-order valence-corrected chi connectivity index (χ2v) is 13.8. The SMILES string of the molecule is CN(C)[C@@H]1CN(c2nc3ccccc3n(C3C[C@H]4CCC[C@H](C3)N4C3CC4CCCC[C@@H](C4)C3)c2=O)[C@@H]1C(=O)O. The number of carbonyl (C=O) groups is 1. The summed E-state index contributed by atoms with van der Waals surface area (Å²) in [5, 5.41) is 10.0. The third-order valence-electron chi connectivity index (χ3n) is 11.2. The van der Waals surface area contributed by atoms with Crippen molar-refractivity contribution in [2.45, 2.75) is 113 Å². The fourth-order valence-corrected chi connectivity index (χ4v) is 9.44. The number of para-hydroxylation sites is 2. The summed E-state index contributed by atoms with van der Waals surface area (Å²) in [7, 11) is 3.80. The number of hydrogen-bond acceptors (Lipinski definition) is 6. The molecule has 2 aliphatic carbocycles. The molecule has 5 fully saturated rings. The Hall–Kier alpha value is -2.45. The molecule has 8 heteroatoms. The maximum absolute atomic E-state index is 14.3. The first-order valence-electron chi connectivity index (χ1n) is 15.8. The van der Waals surface area contributed by atoms with Crippen LogP contribution in [0.1, 0.15) is 83.1 Å². The summed E-state index contributed by atoms with van der Waals surface area (Å²) in [6, 6.07) is 8.92. The zero-order chi connectivity index (χ0) is 27.5. The van der Waals surface area contributed by atoms with E-state index in [1.54, 1.807) is 4.90 Å². The average Bonchev–Trinajstić information content (AvgIpc) is 3.06. The summed E-state index contributed by atoms with van der Waals surface area (Å²) in [6.45, 7) is 0.498. The molecule has 1 aromatic heterocycles. The molecular formula is C32H45N5O3. The van der Waals surface area contributed by atoms with Gasteiger partial charge in [0.1, 0.15) is 6.04 Å². The van der Waals surface area contributed by atoms with Gasteiger partial charge in [-0.05, 0) is 83.0 Å². The smallest absolute Gasteiger partial charge is 0.328 e. The van der Waals surface area contributed by atoms with Crippen LogP contribution in [0.25, 0.3) is 11.0 Å². The number of nitrogens with zero attached hydrogens (tertiary/aromatic N) is 5. The minimum atomic E-state index is -0.901. The van der Waals surface area contributed by atoms with Gasteiger partial charge in [0.25, 0.3) is 5.56 Å². The fourth-order valence-electron chi connectivity index (χ4n) is 9.44. The van der Waals surface area contributed by atoms with Gasteiger partial charge in [-0.25, -0.2) is 9.78 Å². The molecule has 0 spiro atoms. The Kier molecular flexibility index (Phi) is 6.90. The zero-order valence-corrected chi connectivity index (χ0v) is 24.1. The number of aromatic nitrogens is 2. The van der Waals surface area contributed by atoms with Crippen molar-refractivity contribution >= 4 is 22.8 Å². The van der Waals surface area contributed by atoms with Crippen LogP contribution in [-0.4, -0.2) is 81.3 Å². The minimum absolute atomic E-state index is 0.116. The van der Waals surface area contributed by atoms with E-state index in [1.165, 1.54) is 64.2 Å². The van der Waals surface area contributed by atoms with Gasteiger partial charge in [0.15, 0.2) is 5.82 Å². The van der Waals surface area contributed by atoms with Gasteiger partial charge in [-0.15, -0.1) is 0 Å². The maximum atomic E-state index is 14.3. The van der Waals surface area contributed by atoms with Gasteiger partial charge < -0.3 is 19.5 Å². The molecule has 2 saturated carbocycles. The molecule has 0 amide bonds. The molecule has 4 heterocycles. The fraction of sp³-hybridized carbons (Fsp3) is 0.719. The van der Waals surface area contributed by atoms with Crippen molar-refractivity contribution in [3.8, 4) is 0 Å². The van der Waals surface area contributed by atoms with Crippen molar-refractivity contribution in [1.82, 2.24) is 19.4 Å². The summed E-state index contributed by atoms with van der Waals surface area (Å²) in [4.78, 5) is 37.9. The van der Waals surface area contributed by atoms with Gasteiger partial charge in [-0.2, -0.15) is 0 Å². The van der Waals surface area contributed by atoms with Crippen LogP contribution < -0.4 is 10.5 Å². The number of anilines is 1. The largest absolute Gasteiger partial charge is 0.480 e. The van der Waals surface area contributed by atoms with Crippen LogP contribution in [0.4, 0.5) is 5.82 Å². The molecular weight excluding hydrogens is 502 g/mol. The van der Waals surface area contributed by atoms with E-state index in [0.717, 1.165) is 35.7 Å². The van der Waals surface area contributed by atoms with Crippen molar-refractivity contribution in [2.75, 3.05) is 25.5 Å². The van der Waals surface area contributed by atoms with E-state index in [9.17, 15) is 14.7 Å². The second kappa shape index (κ2) is 10.4. The number of rotatable bonds is 5. The second-order valence-electron chi connectivity index (χ2n) is 13.8. The van der Waals surface area contributed by atoms with E-state index in [1.807, 2.05) is 47.8 Å². The van der Waals surface area contributed by atoms with Crippen molar-refractivity contribution in [3.05, 3.63) is 34.6 Å². The lowest BCUT2D eigenvalue weighted by Crippen LogP contribution is -2.69. The molecule has 7 atom stereocenters. The number of carboxylic acid groups (broad SMARTS) is 1. The number of benzene rings is 1. The van der Waals surface area contributed by atoms with Crippen LogP contribution in [0, 0.1) is 11.8 Å². The van der Waals surface area contributed by atoms with Crippen LogP contribution in [0.5, 0.6) is 0 Å². The van der Waals surface area contributed by atoms with E-state index in [-0.39, 0.29) is 17.6 Å². The number of fused-ring (bicyclic) bond motifs is 5. The Bertz CT molecular complexity index is 1300. The maximum Gasteiger partial charge on any atom is 0.328 e. The Morgan fingerprint density at radius 3 is 2.20 bits per heavy atom. The Morgan fingerprint density at radius 1 is 0.875 bits per heavy atom. The predicted molar refractivity (Wildman–Crippen MR) is 157 cm³/mol. The summed E-state index contributed by atoms with van der Waals surface area (Å²) in [6.07, 6.45) is 15.6. The number of aliphatic carboxylic acids is 1. The van der Waals surface area contributed by atoms with E-state index in [0.29, 0.717) is 30.5 Å². The normalized spacial score (nSPS) is 36.3. The van der Waals surface area contributed by atoms with Crippen molar-refractivity contribution in [1.29, 1.82) is 0 Å². The van der Waals surface area contributed by atoms with Crippen LogP contribution in [0.3, 0.4) is 0 Å². The Morgan fingerprint density at radius 2 is 1.55 bits per heavy atom. The molecule has 8 nitrogen and oxygen atoms in total. The molecule has 1 aromatic carbocycles. The lowest BCUT2D eigenvalue weighted by molar-refractivity contribution is -0.142. The van der Waals surface area contributed by atoms with E-state index < -0.39 is 12.0 Å². The number of likely N-dealkylation sites (N-methyl/N-ethyl adjacent to an activating group) is 1. The molecule has 5 aliphatic rings. The van der Waals surface area contributed by atoms with Gasteiger partial charge in [-0.3, -0.25) is 9.69 Å². The van der Waals surface area contributed by atoms with Crippen LogP contribution in [-0.2, 0) is 4.79 Å². The molecule has 4 bridgehead atoms. The number of carboxylic acids is 1. The highest BCUT2D eigenvalue weighted by molar-refractivity contribution is 5.83. The molecule has 7 rings (SSSR count). The first-order valence-corrected chi connectivity index (χ1v) is 15.8. The Labute approximate surface area is 237 Å². The highest BCUT2D eigenvalue weighted by atomic mass is 16.4. The molecule has 40 heavy (non-hydrogen) atoms. The number of piperidine rings is 2. The van der Waals surface area contributed by atoms with Crippen LogP contribution in [0.15, 0.2) is 29.1 Å². The monoisotopic (exact) mass is 547 g/mol. The van der Waals surface area contributed by atoms with Crippen molar-refractivity contribution in [2.24, 2.45) is 11.8 Å². The Balaban J connectivity index is 1.22. The molecule has 2 aromatic rings. The van der Waals surface area contributed by atoms with Crippen molar-refractivity contribution < 1.29 is 9.90 Å². The molecule has 216 valence electrons. The van der Waals surface area contributed by atoms with E-state index in [4.69, 9.17) is 4.98 Å². The predicted octanol–water partition coefficient (Wildman–Crippen LogP) is 4.52. The summed E-state index contributed by atoms with van der Waals surface area (Å²) in [5.74, 6) is 1.21. The van der Waals surface area contributed by atoms with Crippen LogP contribution in [0.2, 0.25) is 0 Å². The average molecular weight is 548 g/mol. The van der Waals surface area contributed by atoms with Gasteiger partial charge in [-0.1, -0.05) is 44.2 Å². The van der Waals surface area contributed by atoms with E-state index >= 15 is 0 Å². The van der Waals surface area contributed by atoms with Gasteiger partial charge in [0, 0.05) is 30.7 Å². The van der Waals surface area contributed by atoms with Gasteiger partial charge in [0.2, 0.25) is 0 Å². The van der Waals surface area contributed by atoms with Gasteiger partial charge >= 0.3 is 5.97 Å². The zero-order valence-electron chi connectivity index (χ0n) is 24.1. The minimum Gasteiger partial charge on any atom is -0.480 e. The highest BCUT2D eigenvalue weighted by Gasteiger charge is 2.48. The first-order chi connectivity index (χ1) is 19.4. The lowest BCUT2D eigenvalue weighted by atomic mass is 9.73. The molecule has 0 radical (unpaired) electrons. The summed E-state index contributed by atoms with van der Waals surface area (Å²) < 4.78 is 2.02. The molecule has 3 aliphatic heterocycles. The van der Waals surface area contributed by atoms with E-state index in [2.05, 4.69) is 4.90 Å². The molecule has 3 saturated heterocycles. The standard InChI is InChI=1S/C32H45N5O3/c1-34(2)28-19-35(29(28)32(39)40)30-31(38)37(27-13-6-5-12-26(27)33-30)25-17-22-10-7-11-23(18-25)36(22)24-15-20-8-3-4-9-21(14-20)16-24/h5-6,12-13,20-25,28-29H,3-4,7-11,14-19H2,1-2H3,(H,39,40)/t20-,21?,22+,23+,24?,28+,29-/m0/s1. The van der Waals surface area contributed by atoms with Crippen LogP contribution >= 0.6 is 0 Å². The summed E-state index contributed by atoms with van der Waals surface area (Å²) in [5.41, 5.74) is 1.54.